The van der Waals surface area contributed by atoms with Crippen molar-refractivity contribution >= 4 is 17.3 Å². The molecule has 1 aliphatic carbocycles. The van der Waals surface area contributed by atoms with Crippen molar-refractivity contribution in [2.45, 2.75) is 39.0 Å². The second-order valence-electron chi connectivity index (χ2n) is 5.46. The third kappa shape index (κ3) is 2.69. The predicted molar refractivity (Wildman–Crippen MR) is 82.4 cm³/mol. The van der Waals surface area contributed by atoms with Gasteiger partial charge in [-0.05, 0) is 26.2 Å². The lowest BCUT2D eigenvalue weighted by Gasteiger charge is -2.13. The predicted octanol–water partition coefficient (Wildman–Crippen LogP) is 1.99. The lowest BCUT2D eigenvalue weighted by molar-refractivity contribution is 0.746. The fourth-order valence-electron chi connectivity index (χ4n) is 2.35. The SMILES string of the molecule is CCc1nn(C)cc1Nc1nc(C2CC2)nc(NN)c1C. The summed E-state index contributed by atoms with van der Waals surface area (Å²) in [6, 6.07) is 0. The minimum atomic E-state index is 0.470. The highest BCUT2D eigenvalue weighted by Crippen LogP contribution is 2.39. The van der Waals surface area contributed by atoms with Gasteiger partial charge in [0.15, 0.2) is 0 Å². The van der Waals surface area contributed by atoms with Crippen LogP contribution in [0.15, 0.2) is 6.20 Å². The molecule has 2 aromatic heterocycles. The van der Waals surface area contributed by atoms with E-state index >= 15 is 0 Å². The highest BCUT2D eigenvalue weighted by molar-refractivity contribution is 5.65. The van der Waals surface area contributed by atoms with Crippen molar-refractivity contribution in [3.8, 4) is 0 Å². The van der Waals surface area contributed by atoms with E-state index in [9.17, 15) is 0 Å². The van der Waals surface area contributed by atoms with Crippen molar-refractivity contribution in [3.63, 3.8) is 0 Å². The fraction of sp³-hybridized carbons (Fsp3) is 0.500. The van der Waals surface area contributed by atoms with Crippen LogP contribution in [0.25, 0.3) is 0 Å². The van der Waals surface area contributed by atoms with Gasteiger partial charge in [0, 0.05) is 24.7 Å². The zero-order valence-corrected chi connectivity index (χ0v) is 12.6. The smallest absolute Gasteiger partial charge is 0.148 e. The van der Waals surface area contributed by atoms with Crippen molar-refractivity contribution in [2.24, 2.45) is 12.9 Å². The van der Waals surface area contributed by atoms with Crippen LogP contribution in [-0.4, -0.2) is 19.7 Å². The molecule has 4 N–H and O–H groups in total. The molecule has 0 aliphatic heterocycles. The number of hydrazine groups is 1. The number of nitrogens with one attached hydrogen (secondary N) is 2. The van der Waals surface area contributed by atoms with Gasteiger partial charge in [0.25, 0.3) is 0 Å². The van der Waals surface area contributed by atoms with Crippen LogP contribution in [0.5, 0.6) is 0 Å². The maximum absolute atomic E-state index is 5.58. The molecule has 0 aromatic carbocycles. The average molecular weight is 287 g/mol. The molecular weight excluding hydrogens is 266 g/mol. The number of aromatic nitrogens is 4. The number of hydrogen-bond acceptors (Lipinski definition) is 6. The van der Waals surface area contributed by atoms with Crippen molar-refractivity contribution in [3.05, 3.63) is 23.3 Å². The summed E-state index contributed by atoms with van der Waals surface area (Å²) in [5.41, 5.74) is 5.57. The number of nitrogens with two attached hydrogens (primary N) is 1. The van der Waals surface area contributed by atoms with Gasteiger partial charge < -0.3 is 10.7 Å². The summed E-state index contributed by atoms with van der Waals surface area (Å²) in [5, 5.41) is 7.82. The first kappa shape index (κ1) is 13.8. The molecule has 7 heteroatoms. The first-order chi connectivity index (χ1) is 10.1. The van der Waals surface area contributed by atoms with Gasteiger partial charge in [0.1, 0.15) is 17.5 Å². The maximum atomic E-state index is 5.58. The van der Waals surface area contributed by atoms with Gasteiger partial charge in [0.05, 0.1) is 11.4 Å². The van der Waals surface area contributed by atoms with E-state index in [0.717, 1.165) is 47.8 Å². The summed E-state index contributed by atoms with van der Waals surface area (Å²) < 4.78 is 1.81. The van der Waals surface area contributed by atoms with E-state index in [-0.39, 0.29) is 0 Å². The topological polar surface area (TPSA) is 93.7 Å². The summed E-state index contributed by atoms with van der Waals surface area (Å²) in [6.45, 7) is 4.04. The van der Waals surface area contributed by atoms with E-state index in [1.807, 2.05) is 24.9 Å². The molecule has 0 saturated heterocycles. The van der Waals surface area contributed by atoms with Crippen LogP contribution in [0.2, 0.25) is 0 Å². The molecule has 0 atom stereocenters. The third-order valence-corrected chi connectivity index (χ3v) is 3.74. The van der Waals surface area contributed by atoms with Crippen LogP contribution in [0.3, 0.4) is 0 Å². The lowest BCUT2D eigenvalue weighted by Crippen LogP contribution is -2.14. The number of rotatable bonds is 5. The summed E-state index contributed by atoms with van der Waals surface area (Å²) in [5.74, 6) is 8.38. The second kappa shape index (κ2) is 5.33. The molecule has 1 aliphatic rings. The van der Waals surface area contributed by atoms with E-state index in [4.69, 9.17) is 5.84 Å². The molecule has 0 spiro atoms. The van der Waals surface area contributed by atoms with E-state index in [2.05, 4.69) is 32.7 Å². The maximum Gasteiger partial charge on any atom is 0.148 e. The quantitative estimate of drug-likeness (QED) is 0.575. The first-order valence-corrected chi connectivity index (χ1v) is 7.27. The van der Waals surface area contributed by atoms with Gasteiger partial charge in [-0.1, -0.05) is 6.92 Å². The number of nitrogens with zero attached hydrogens (tertiary/aromatic N) is 4. The first-order valence-electron chi connectivity index (χ1n) is 7.27. The Balaban J connectivity index is 1.98. The highest BCUT2D eigenvalue weighted by atomic mass is 15.3. The van der Waals surface area contributed by atoms with Crippen LogP contribution in [-0.2, 0) is 13.5 Å². The summed E-state index contributed by atoms with van der Waals surface area (Å²) in [4.78, 5) is 9.16. The largest absolute Gasteiger partial charge is 0.337 e. The van der Waals surface area contributed by atoms with Crippen LogP contribution in [0.1, 0.15) is 42.8 Å². The van der Waals surface area contributed by atoms with Gasteiger partial charge in [-0.15, -0.1) is 0 Å². The van der Waals surface area contributed by atoms with Crippen molar-refractivity contribution in [1.29, 1.82) is 0 Å². The normalized spacial score (nSPS) is 14.3. The van der Waals surface area contributed by atoms with Crippen LogP contribution in [0, 0.1) is 6.92 Å². The zero-order chi connectivity index (χ0) is 15.0. The number of nitrogen functional groups attached to an aromatic ring is 1. The van der Waals surface area contributed by atoms with Crippen molar-refractivity contribution in [1.82, 2.24) is 19.7 Å². The van der Waals surface area contributed by atoms with Crippen molar-refractivity contribution in [2.75, 3.05) is 10.7 Å². The summed E-state index contributed by atoms with van der Waals surface area (Å²) in [7, 11) is 1.92. The monoisotopic (exact) mass is 287 g/mol. The van der Waals surface area contributed by atoms with Gasteiger partial charge in [-0.25, -0.2) is 15.8 Å². The molecule has 7 nitrogen and oxygen atoms in total. The van der Waals surface area contributed by atoms with Gasteiger partial charge >= 0.3 is 0 Å². The zero-order valence-electron chi connectivity index (χ0n) is 12.6. The summed E-state index contributed by atoms with van der Waals surface area (Å²) in [6.07, 6.45) is 5.14. The Labute approximate surface area is 123 Å². The van der Waals surface area contributed by atoms with Crippen molar-refractivity contribution < 1.29 is 0 Å². The average Bonchev–Trinajstić information content (AvgIpc) is 3.25. The Morgan fingerprint density at radius 1 is 1.33 bits per heavy atom. The number of anilines is 3. The van der Waals surface area contributed by atoms with Gasteiger partial charge in [-0.3, -0.25) is 4.68 Å². The minimum Gasteiger partial charge on any atom is -0.337 e. The Morgan fingerprint density at radius 3 is 2.67 bits per heavy atom. The number of aryl methyl sites for hydroxylation is 2. The van der Waals surface area contributed by atoms with Crippen LogP contribution >= 0.6 is 0 Å². The van der Waals surface area contributed by atoms with E-state index < -0.39 is 0 Å². The molecule has 0 amide bonds. The molecule has 1 saturated carbocycles. The van der Waals surface area contributed by atoms with E-state index in [1.165, 1.54) is 0 Å². The molecule has 0 radical (unpaired) electrons. The minimum absolute atomic E-state index is 0.470. The molecule has 0 bridgehead atoms. The highest BCUT2D eigenvalue weighted by Gasteiger charge is 2.28. The molecular formula is C14H21N7. The van der Waals surface area contributed by atoms with Crippen LogP contribution < -0.4 is 16.6 Å². The van der Waals surface area contributed by atoms with E-state index in [0.29, 0.717) is 11.7 Å². The Bertz CT molecular complexity index is 658. The fourth-order valence-corrected chi connectivity index (χ4v) is 2.35. The molecule has 3 rings (SSSR count). The Morgan fingerprint density at radius 2 is 2.05 bits per heavy atom. The van der Waals surface area contributed by atoms with Crippen LogP contribution in [0.4, 0.5) is 17.3 Å². The molecule has 2 aromatic rings. The van der Waals surface area contributed by atoms with E-state index in [1.54, 1.807) is 0 Å². The van der Waals surface area contributed by atoms with Gasteiger partial charge in [-0.2, -0.15) is 5.10 Å². The molecule has 112 valence electrons. The Hall–Kier alpha value is -2.15. The summed E-state index contributed by atoms with van der Waals surface area (Å²) >= 11 is 0. The standard InChI is InChI=1S/C14H21N7/c1-4-10-11(7-21(3)20-10)16-12-8(2)13(19-15)18-14(17-12)9-5-6-9/h7,9H,4-6,15H2,1-3H3,(H2,16,17,18,19). The Kier molecular flexibility index (Phi) is 3.50. The number of hydrogen-bond donors (Lipinski definition) is 3. The molecule has 0 unspecified atom stereocenters. The molecule has 21 heavy (non-hydrogen) atoms. The lowest BCUT2D eigenvalue weighted by atomic mass is 10.2. The van der Waals surface area contributed by atoms with Gasteiger partial charge in [0.2, 0.25) is 0 Å². The molecule has 1 fully saturated rings. The second-order valence-corrected chi connectivity index (χ2v) is 5.46. The molecule has 2 heterocycles. The third-order valence-electron chi connectivity index (χ3n) is 3.74.